The van der Waals surface area contributed by atoms with Crippen LogP contribution in [0.25, 0.3) is 10.8 Å². The molecule has 7 heteroatoms. The molecule has 0 radical (unpaired) electrons. The lowest BCUT2D eigenvalue weighted by molar-refractivity contribution is 0.0687. The first-order valence-electron chi connectivity index (χ1n) is 4.34. The Morgan fingerprint density at radius 2 is 2.25 bits per heavy atom. The summed E-state index contributed by atoms with van der Waals surface area (Å²) in [6.07, 6.45) is 3.13. The zero-order valence-electron chi connectivity index (χ0n) is 8.22. The largest absolute Gasteiger partial charge is 0.476 e. The number of Topliss-reactive ketones (excluding diaryl/α,β-unsaturated/α-hetero) is 1. The Morgan fingerprint density at radius 3 is 2.69 bits per heavy atom. The van der Waals surface area contributed by atoms with E-state index >= 15 is 0 Å². The highest BCUT2D eigenvalue weighted by Crippen LogP contribution is 2.26. The van der Waals surface area contributed by atoms with Gasteiger partial charge in [-0.25, -0.2) is 14.8 Å². The maximum Gasteiger partial charge on any atom is 0.356 e. The number of carbonyl (C=O) groups is 2. The van der Waals surface area contributed by atoms with Crippen molar-refractivity contribution in [3.63, 3.8) is 0 Å². The number of hydrogen-bond donors (Lipinski definition) is 2. The molecule has 16 heavy (non-hydrogen) atoms. The van der Waals surface area contributed by atoms with Gasteiger partial charge in [-0.15, -0.1) is 11.3 Å². The van der Waals surface area contributed by atoms with Crippen LogP contribution in [0.4, 0.5) is 0 Å². The summed E-state index contributed by atoms with van der Waals surface area (Å²) >= 11 is 1.02. The first-order chi connectivity index (χ1) is 7.59. The molecule has 0 aliphatic rings. The molecule has 0 atom stereocenters. The molecule has 2 aromatic rings. The van der Waals surface area contributed by atoms with Gasteiger partial charge in [-0.2, -0.15) is 0 Å². The number of nitrogens with zero attached hydrogens (tertiary/aromatic N) is 2. The molecule has 0 fully saturated rings. The molecule has 2 heterocycles. The normalized spacial score (nSPS) is 10.3. The Morgan fingerprint density at radius 1 is 1.50 bits per heavy atom. The van der Waals surface area contributed by atoms with Crippen molar-refractivity contribution in [3.05, 3.63) is 23.0 Å². The lowest BCUT2D eigenvalue weighted by atomic mass is 10.3. The number of aromatic carboxylic acids is 1. The van der Waals surface area contributed by atoms with E-state index in [1.165, 1.54) is 13.1 Å². The predicted molar refractivity (Wildman–Crippen MR) is 56.7 cm³/mol. The second kappa shape index (κ2) is 3.86. The zero-order chi connectivity index (χ0) is 11.7. The van der Waals surface area contributed by atoms with E-state index in [0.29, 0.717) is 10.8 Å². The summed E-state index contributed by atoms with van der Waals surface area (Å²) in [6.45, 7) is 1.31. The second-order valence-electron chi connectivity index (χ2n) is 3.00. The number of aromatic nitrogens is 3. The first-order valence-corrected chi connectivity index (χ1v) is 5.16. The molecule has 0 saturated heterocycles. The summed E-state index contributed by atoms with van der Waals surface area (Å²) in [5.74, 6) is -1.06. The second-order valence-corrected chi connectivity index (χ2v) is 3.99. The number of rotatable bonds is 3. The van der Waals surface area contributed by atoms with Gasteiger partial charge >= 0.3 is 5.97 Å². The van der Waals surface area contributed by atoms with Crippen molar-refractivity contribution in [2.75, 3.05) is 0 Å². The molecule has 2 rings (SSSR count). The van der Waals surface area contributed by atoms with Crippen LogP contribution in [-0.4, -0.2) is 31.8 Å². The number of nitrogens with one attached hydrogen (secondary N) is 1. The molecule has 2 N–H and O–H groups in total. The van der Waals surface area contributed by atoms with Gasteiger partial charge in [0, 0.05) is 19.3 Å². The van der Waals surface area contributed by atoms with Crippen LogP contribution in [0.1, 0.15) is 27.1 Å². The molecule has 0 spiro atoms. The SMILES string of the molecule is CC(=O)c1sc(-c2ncc[nH]2)nc1C(=O)O. The van der Waals surface area contributed by atoms with E-state index in [4.69, 9.17) is 5.11 Å². The van der Waals surface area contributed by atoms with Crippen LogP contribution in [-0.2, 0) is 0 Å². The average molecular weight is 237 g/mol. The van der Waals surface area contributed by atoms with Gasteiger partial charge in [-0.3, -0.25) is 4.79 Å². The van der Waals surface area contributed by atoms with Gasteiger partial charge in [-0.05, 0) is 0 Å². The van der Waals surface area contributed by atoms with Crippen LogP contribution in [0.15, 0.2) is 12.4 Å². The van der Waals surface area contributed by atoms with Gasteiger partial charge in [0.05, 0.1) is 0 Å². The Bertz CT molecular complexity index is 513. The lowest BCUT2D eigenvalue weighted by Crippen LogP contribution is -2.03. The zero-order valence-corrected chi connectivity index (χ0v) is 9.04. The standard InChI is InChI=1S/C9H7N3O3S/c1-4(13)6-5(9(14)15)12-8(16-6)7-10-2-3-11-7/h2-3H,1H3,(H,10,11)(H,14,15). The number of ketones is 1. The van der Waals surface area contributed by atoms with E-state index in [0.717, 1.165) is 11.3 Å². The maximum atomic E-state index is 11.2. The summed E-state index contributed by atoms with van der Waals surface area (Å²) < 4.78 is 0. The molecule has 6 nitrogen and oxygen atoms in total. The number of imidazole rings is 1. The number of thiazole rings is 1. The van der Waals surface area contributed by atoms with Gasteiger partial charge < -0.3 is 10.1 Å². The lowest BCUT2D eigenvalue weighted by Gasteiger charge is -1.89. The maximum absolute atomic E-state index is 11.2. The fourth-order valence-corrected chi connectivity index (χ4v) is 2.10. The van der Waals surface area contributed by atoms with Crippen molar-refractivity contribution in [2.45, 2.75) is 6.92 Å². The number of carboxylic acids is 1. The van der Waals surface area contributed by atoms with Crippen LogP contribution in [0.3, 0.4) is 0 Å². The molecule has 0 saturated carbocycles. The molecular formula is C9H7N3O3S. The van der Waals surface area contributed by atoms with E-state index in [-0.39, 0.29) is 16.4 Å². The predicted octanol–water partition coefficient (Wildman–Crippen LogP) is 1.43. The number of carbonyl (C=O) groups excluding carboxylic acids is 1. The summed E-state index contributed by atoms with van der Waals surface area (Å²) in [6, 6.07) is 0. The summed E-state index contributed by atoms with van der Waals surface area (Å²) in [7, 11) is 0. The van der Waals surface area contributed by atoms with E-state index in [2.05, 4.69) is 15.0 Å². The number of hydrogen-bond acceptors (Lipinski definition) is 5. The third-order valence-corrected chi connectivity index (χ3v) is 3.01. The summed E-state index contributed by atoms with van der Waals surface area (Å²) in [5.41, 5.74) is -0.219. The summed E-state index contributed by atoms with van der Waals surface area (Å²) in [4.78, 5) is 32.9. The third kappa shape index (κ3) is 1.72. The molecule has 2 aromatic heterocycles. The highest BCUT2D eigenvalue weighted by molar-refractivity contribution is 7.17. The molecule has 0 unspecified atom stereocenters. The van der Waals surface area contributed by atoms with Crippen molar-refractivity contribution in [3.8, 4) is 10.8 Å². The minimum atomic E-state index is -1.21. The third-order valence-electron chi connectivity index (χ3n) is 1.85. The van der Waals surface area contributed by atoms with Crippen LogP contribution >= 0.6 is 11.3 Å². The van der Waals surface area contributed by atoms with Crippen LogP contribution in [0, 0.1) is 0 Å². The van der Waals surface area contributed by atoms with Crippen molar-refractivity contribution >= 4 is 23.1 Å². The van der Waals surface area contributed by atoms with Crippen molar-refractivity contribution in [1.29, 1.82) is 0 Å². The Hall–Kier alpha value is -2.02. The molecule has 0 aliphatic heterocycles. The molecular weight excluding hydrogens is 230 g/mol. The van der Waals surface area contributed by atoms with E-state index < -0.39 is 5.97 Å². The monoisotopic (exact) mass is 237 g/mol. The minimum Gasteiger partial charge on any atom is -0.476 e. The molecule has 82 valence electrons. The number of H-pyrrole nitrogens is 1. The fourth-order valence-electron chi connectivity index (χ4n) is 1.19. The molecule has 0 amide bonds. The van der Waals surface area contributed by atoms with E-state index in [9.17, 15) is 9.59 Å². The Kier molecular flexibility index (Phi) is 2.53. The topological polar surface area (TPSA) is 95.9 Å². The van der Waals surface area contributed by atoms with E-state index in [1.54, 1.807) is 6.20 Å². The van der Waals surface area contributed by atoms with Gasteiger partial charge in [0.25, 0.3) is 0 Å². The minimum absolute atomic E-state index is 0.138. The highest BCUT2D eigenvalue weighted by Gasteiger charge is 2.21. The van der Waals surface area contributed by atoms with Crippen LogP contribution < -0.4 is 0 Å². The molecule has 0 aliphatic carbocycles. The molecule has 0 aromatic carbocycles. The van der Waals surface area contributed by atoms with Crippen molar-refractivity contribution < 1.29 is 14.7 Å². The van der Waals surface area contributed by atoms with Crippen LogP contribution in [0.2, 0.25) is 0 Å². The Balaban J connectivity index is 2.55. The number of aromatic amines is 1. The molecule has 0 bridgehead atoms. The highest BCUT2D eigenvalue weighted by atomic mass is 32.1. The number of carboxylic acid groups (broad SMARTS) is 1. The van der Waals surface area contributed by atoms with Gasteiger partial charge in [0.15, 0.2) is 22.3 Å². The quantitative estimate of drug-likeness (QED) is 0.787. The average Bonchev–Trinajstić information content (AvgIpc) is 2.86. The fraction of sp³-hybridized carbons (Fsp3) is 0.111. The van der Waals surface area contributed by atoms with E-state index in [1.807, 2.05) is 0 Å². The van der Waals surface area contributed by atoms with Gasteiger partial charge in [-0.1, -0.05) is 0 Å². The van der Waals surface area contributed by atoms with Gasteiger partial charge in [0.1, 0.15) is 4.88 Å². The smallest absolute Gasteiger partial charge is 0.356 e. The van der Waals surface area contributed by atoms with Crippen molar-refractivity contribution in [1.82, 2.24) is 15.0 Å². The Labute approximate surface area is 94.0 Å². The van der Waals surface area contributed by atoms with Crippen molar-refractivity contribution in [2.24, 2.45) is 0 Å². The summed E-state index contributed by atoms with van der Waals surface area (Å²) in [5, 5.41) is 9.28. The van der Waals surface area contributed by atoms with Gasteiger partial charge in [0.2, 0.25) is 0 Å². The van der Waals surface area contributed by atoms with Crippen LogP contribution in [0.5, 0.6) is 0 Å². The first kappa shape index (κ1) is 10.5.